The predicted octanol–water partition coefficient (Wildman–Crippen LogP) is 1.62. The van der Waals surface area contributed by atoms with Gasteiger partial charge in [0.15, 0.2) is 0 Å². The number of amides is 1. The third kappa shape index (κ3) is 5.30. The first-order chi connectivity index (χ1) is 10.2. The van der Waals surface area contributed by atoms with Crippen LogP contribution in [0.25, 0.3) is 0 Å². The van der Waals surface area contributed by atoms with Crippen molar-refractivity contribution in [2.75, 3.05) is 31.5 Å². The maximum Gasteiger partial charge on any atom is 0.234 e. The average Bonchev–Trinajstić information content (AvgIpc) is 2.47. The Kier molecular flexibility index (Phi) is 5.92. The predicted molar refractivity (Wildman–Crippen MR) is 80.6 cm³/mol. The van der Waals surface area contributed by atoms with Gasteiger partial charge in [0.25, 0.3) is 0 Å². The van der Waals surface area contributed by atoms with Gasteiger partial charge in [-0.2, -0.15) is 4.39 Å². The van der Waals surface area contributed by atoms with Crippen LogP contribution in [-0.2, 0) is 4.79 Å². The molecule has 116 valence electrons. The maximum atomic E-state index is 13.0. The van der Waals surface area contributed by atoms with Crippen LogP contribution in [0.5, 0.6) is 0 Å². The van der Waals surface area contributed by atoms with Gasteiger partial charge in [-0.05, 0) is 31.4 Å². The summed E-state index contributed by atoms with van der Waals surface area (Å²) in [6, 6.07) is 5.04. The fourth-order valence-corrected chi connectivity index (χ4v) is 2.46. The topological polar surface area (TPSA) is 57.3 Å². The van der Waals surface area contributed by atoms with Crippen molar-refractivity contribution in [3.8, 4) is 0 Å². The lowest BCUT2D eigenvalue weighted by atomic mass is 10.1. The molecule has 5 nitrogen and oxygen atoms in total. The molecule has 1 aromatic rings. The Morgan fingerprint density at radius 1 is 1.43 bits per heavy atom. The van der Waals surface area contributed by atoms with Gasteiger partial charge in [-0.15, -0.1) is 0 Å². The molecule has 21 heavy (non-hydrogen) atoms. The van der Waals surface area contributed by atoms with E-state index < -0.39 is 5.95 Å². The van der Waals surface area contributed by atoms with Crippen LogP contribution in [0, 0.1) is 5.95 Å². The Balaban J connectivity index is 1.72. The molecule has 0 radical (unpaired) electrons. The van der Waals surface area contributed by atoms with E-state index in [1.54, 1.807) is 12.1 Å². The number of aromatic nitrogens is 1. The molecule has 0 bridgehead atoms. The van der Waals surface area contributed by atoms with E-state index in [2.05, 4.69) is 20.5 Å². The summed E-state index contributed by atoms with van der Waals surface area (Å²) >= 11 is 0. The first kappa shape index (κ1) is 15.7. The van der Waals surface area contributed by atoms with Crippen molar-refractivity contribution in [2.45, 2.75) is 32.2 Å². The van der Waals surface area contributed by atoms with Crippen LogP contribution < -0.4 is 10.6 Å². The monoisotopic (exact) mass is 294 g/mol. The molecule has 2 N–H and O–H groups in total. The van der Waals surface area contributed by atoms with Gasteiger partial charge in [0, 0.05) is 25.7 Å². The zero-order valence-electron chi connectivity index (χ0n) is 12.4. The number of hydrogen-bond acceptors (Lipinski definition) is 4. The summed E-state index contributed by atoms with van der Waals surface area (Å²) < 4.78 is 13.0. The summed E-state index contributed by atoms with van der Waals surface area (Å²) in [5.74, 6) is 0.203. The number of anilines is 1. The van der Waals surface area contributed by atoms with E-state index in [-0.39, 0.29) is 11.9 Å². The van der Waals surface area contributed by atoms with Crippen LogP contribution in [0.3, 0.4) is 0 Å². The summed E-state index contributed by atoms with van der Waals surface area (Å²) in [5.41, 5.74) is 0. The standard InChI is InChI=1S/C15H23FN4O/c1-2-8-17-15(21)11-20-9-6-12(7-10-20)18-14-5-3-4-13(16)19-14/h3-5,12H,2,6-11H2,1H3,(H,17,21)(H,18,19). The molecular weight excluding hydrogens is 271 g/mol. The number of carbonyl (C=O) groups excluding carboxylic acids is 1. The van der Waals surface area contributed by atoms with Crippen LogP contribution >= 0.6 is 0 Å². The highest BCUT2D eigenvalue weighted by Crippen LogP contribution is 2.15. The number of piperidine rings is 1. The smallest absolute Gasteiger partial charge is 0.234 e. The lowest BCUT2D eigenvalue weighted by Gasteiger charge is -2.32. The van der Waals surface area contributed by atoms with E-state index in [1.807, 2.05) is 6.92 Å². The molecule has 1 fully saturated rings. The molecule has 1 amide bonds. The normalized spacial score (nSPS) is 16.7. The van der Waals surface area contributed by atoms with Crippen molar-refractivity contribution in [1.29, 1.82) is 0 Å². The zero-order chi connectivity index (χ0) is 15.1. The highest BCUT2D eigenvalue weighted by atomic mass is 19.1. The van der Waals surface area contributed by atoms with E-state index in [1.165, 1.54) is 6.07 Å². The van der Waals surface area contributed by atoms with Crippen LogP contribution in [0.15, 0.2) is 18.2 Å². The van der Waals surface area contributed by atoms with Gasteiger partial charge in [0.2, 0.25) is 11.9 Å². The second-order valence-electron chi connectivity index (χ2n) is 5.39. The number of halogens is 1. The molecule has 6 heteroatoms. The minimum absolute atomic E-state index is 0.0926. The largest absolute Gasteiger partial charge is 0.367 e. The summed E-state index contributed by atoms with van der Waals surface area (Å²) in [4.78, 5) is 17.6. The van der Waals surface area contributed by atoms with Gasteiger partial charge in [-0.1, -0.05) is 13.0 Å². The molecule has 2 heterocycles. The van der Waals surface area contributed by atoms with Crippen LogP contribution in [0.2, 0.25) is 0 Å². The number of pyridine rings is 1. The van der Waals surface area contributed by atoms with E-state index in [4.69, 9.17) is 0 Å². The Hall–Kier alpha value is -1.69. The van der Waals surface area contributed by atoms with Crippen molar-refractivity contribution in [3.05, 3.63) is 24.1 Å². The first-order valence-electron chi connectivity index (χ1n) is 7.55. The van der Waals surface area contributed by atoms with Gasteiger partial charge in [-0.3, -0.25) is 9.69 Å². The molecule has 1 aliphatic rings. The Labute approximate surface area is 124 Å². The molecule has 0 saturated carbocycles. The van der Waals surface area contributed by atoms with Crippen LogP contribution in [-0.4, -0.2) is 48.0 Å². The third-order valence-electron chi connectivity index (χ3n) is 3.59. The summed E-state index contributed by atoms with van der Waals surface area (Å²) in [7, 11) is 0. The maximum absolute atomic E-state index is 13.0. The highest BCUT2D eigenvalue weighted by molar-refractivity contribution is 5.77. The van der Waals surface area contributed by atoms with Crippen molar-refractivity contribution >= 4 is 11.7 Å². The van der Waals surface area contributed by atoms with E-state index in [0.29, 0.717) is 12.4 Å². The Bertz CT molecular complexity index is 461. The molecule has 0 spiro atoms. The summed E-state index contributed by atoms with van der Waals surface area (Å²) in [5, 5.41) is 6.14. The molecule has 1 saturated heterocycles. The second-order valence-corrected chi connectivity index (χ2v) is 5.39. The molecule has 0 unspecified atom stereocenters. The van der Waals surface area contributed by atoms with Gasteiger partial charge >= 0.3 is 0 Å². The van der Waals surface area contributed by atoms with Crippen molar-refractivity contribution < 1.29 is 9.18 Å². The summed E-state index contributed by atoms with van der Waals surface area (Å²) in [6.07, 6.45) is 2.82. The van der Waals surface area contributed by atoms with Crippen molar-refractivity contribution in [1.82, 2.24) is 15.2 Å². The molecular formula is C15H23FN4O. The molecule has 1 aliphatic heterocycles. The Morgan fingerprint density at radius 2 is 2.19 bits per heavy atom. The van der Waals surface area contributed by atoms with Crippen molar-refractivity contribution in [3.63, 3.8) is 0 Å². The van der Waals surface area contributed by atoms with Crippen LogP contribution in [0.1, 0.15) is 26.2 Å². The SMILES string of the molecule is CCCNC(=O)CN1CCC(Nc2cccc(F)n2)CC1. The number of hydrogen-bond donors (Lipinski definition) is 2. The fourth-order valence-electron chi connectivity index (χ4n) is 2.46. The third-order valence-corrected chi connectivity index (χ3v) is 3.59. The zero-order valence-corrected chi connectivity index (χ0v) is 12.4. The van der Waals surface area contributed by atoms with Crippen molar-refractivity contribution in [2.24, 2.45) is 0 Å². The van der Waals surface area contributed by atoms with Gasteiger partial charge in [-0.25, -0.2) is 4.98 Å². The molecule has 0 aromatic carbocycles. The first-order valence-corrected chi connectivity index (χ1v) is 7.55. The van der Waals surface area contributed by atoms with Gasteiger partial charge < -0.3 is 10.6 Å². The van der Waals surface area contributed by atoms with Gasteiger partial charge in [0.05, 0.1) is 6.54 Å². The van der Waals surface area contributed by atoms with Crippen LogP contribution in [0.4, 0.5) is 10.2 Å². The number of likely N-dealkylation sites (tertiary alicyclic amines) is 1. The minimum atomic E-state index is -0.468. The lowest BCUT2D eigenvalue weighted by Crippen LogP contribution is -2.44. The summed E-state index contributed by atoms with van der Waals surface area (Å²) in [6.45, 7) is 4.98. The molecule has 0 aliphatic carbocycles. The lowest BCUT2D eigenvalue weighted by molar-refractivity contribution is -0.122. The minimum Gasteiger partial charge on any atom is -0.367 e. The van der Waals surface area contributed by atoms with E-state index >= 15 is 0 Å². The number of nitrogens with one attached hydrogen (secondary N) is 2. The molecule has 2 rings (SSSR count). The quantitative estimate of drug-likeness (QED) is 0.783. The number of rotatable bonds is 6. The molecule has 1 aromatic heterocycles. The number of carbonyl (C=O) groups is 1. The van der Waals surface area contributed by atoms with E-state index in [0.717, 1.165) is 38.9 Å². The van der Waals surface area contributed by atoms with Gasteiger partial charge in [0.1, 0.15) is 5.82 Å². The fraction of sp³-hybridized carbons (Fsp3) is 0.600. The average molecular weight is 294 g/mol. The van der Waals surface area contributed by atoms with E-state index in [9.17, 15) is 9.18 Å². The molecule has 0 atom stereocenters. The number of nitrogens with zero attached hydrogens (tertiary/aromatic N) is 2. The Morgan fingerprint density at radius 3 is 2.86 bits per heavy atom. The second kappa shape index (κ2) is 7.93. The highest BCUT2D eigenvalue weighted by Gasteiger charge is 2.20.